The maximum absolute atomic E-state index is 6.21. The minimum absolute atomic E-state index is 0.274. The van der Waals surface area contributed by atoms with Gasteiger partial charge in [0, 0.05) is 5.69 Å². The molecular weight excluding hydrogens is 272 g/mol. The summed E-state index contributed by atoms with van der Waals surface area (Å²) >= 11 is 0. The number of hydrogen-bond acceptors (Lipinski definition) is 2. The maximum Gasteiger partial charge on any atom is 0.297 e. The van der Waals surface area contributed by atoms with E-state index >= 15 is 0 Å². The molecule has 4 rings (SSSR count). The summed E-state index contributed by atoms with van der Waals surface area (Å²) in [5.41, 5.74) is 2.11. The van der Waals surface area contributed by atoms with Crippen LogP contribution < -0.4 is 4.90 Å². The van der Waals surface area contributed by atoms with Crippen LogP contribution >= 0.6 is 0 Å². The number of para-hydroxylation sites is 2. The van der Waals surface area contributed by atoms with Crippen molar-refractivity contribution in [2.75, 3.05) is 4.90 Å². The summed E-state index contributed by atoms with van der Waals surface area (Å²) in [5, 5.41) is 0. The van der Waals surface area contributed by atoms with Crippen LogP contribution in [0.15, 0.2) is 65.7 Å². The van der Waals surface area contributed by atoms with Crippen LogP contribution in [0.4, 0.5) is 11.4 Å². The average Bonchev–Trinajstić information content (AvgIpc) is 2.94. The van der Waals surface area contributed by atoms with Gasteiger partial charge in [-0.3, -0.25) is 4.90 Å². The van der Waals surface area contributed by atoms with Gasteiger partial charge in [-0.1, -0.05) is 42.8 Å². The van der Waals surface area contributed by atoms with Crippen molar-refractivity contribution >= 4 is 17.4 Å². The number of hydrogen-bond donors (Lipinski definition) is 0. The third-order valence-electron chi connectivity index (χ3n) is 4.48. The molecule has 0 radical (unpaired) electrons. The van der Waals surface area contributed by atoms with Crippen LogP contribution in [0.2, 0.25) is 0 Å². The summed E-state index contributed by atoms with van der Waals surface area (Å²) in [5.74, 6) is 0. The third-order valence-corrected chi connectivity index (χ3v) is 4.48. The van der Waals surface area contributed by atoms with Crippen molar-refractivity contribution in [3.8, 4) is 0 Å². The van der Waals surface area contributed by atoms with Crippen molar-refractivity contribution in [3.05, 3.63) is 60.7 Å². The van der Waals surface area contributed by atoms with Crippen molar-refractivity contribution in [3.63, 3.8) is 0 Å². The SMILES string of the molecule is c1ccc(N=C2O[C@H]3CCCC[C@@H]3N2c2ccccc2)cc1. The number of fused-ring (bicyclic) bond motifs is 1. The van der Waals surface area contributed by atoms with E-state index in [2.05, 4.69) is 29.2 Å². The van der Waals surface area contributed by atoms with Crippen LogP contribution in [0, 0.1) is 0 Å². The number of anilines is 1. The molecule has 2 aromatic carbocycles. The molecule has 1 aliphatic heterocycles. The molecule has 0 aromatic heterocycles. The Balaban J connectivity index is 1.73. The minimum atomic E-state index is 0.274. The third kappa shape index (κ3) is 2.47. The van der Waals surface area contributed by atoms with E-state index in [0.29, 0.717) is 6.04 Å². The topological polar surface area (TPSA) is 24.8 Å². The smallest absolute Gasteiger partial charge is 0.297 e. The fraction of sp³-hybridized carbons (Fsp3) is 0.316. The summed E-state index contributed by atoms with van der Waals surface area (Å²) < 4.78 is 6.21. The number of amidine groups is 1. The summed E-state index contributed by atoms with van der Waals surface area (Å²) in [6, 6.07) is 21.7. The number of nitrogens with zero attached hydrogens (tertiary/aromatic N) is 2. The van der Waals surface area contributed by atoms with E-state index < -0.39 is 0 Å². The van der Waals surface area contributed by atoms with E-state index in [4.69, 9.17) is 9.73 Å². The zero-order chi connectivity index (χ0) is 14.8. The molecule has 22 heavy (non-hydrogen) atoms. The fourth-order valence-corrected chi connectivity index (χ4v) is 3.43. The zero-order valence-corrected chi connectivity index (χ0v) is 12.6. The second kappa shape index (κ2) is 5.84. The van der Waals surface area contributed by atoms with Crippen LogP contribution in [0.1, 0.15) is 25.7 Å². The van der Waals surface area contributed by atoms with Gasteiger partial charge in [0.2, 0.25) is 0 Å². The molecule has 0 unspecified atom stereocenters. The first-order valence-electron chi connectivity index (χ1n) is 8.06. The largest absolute Gasteiger partial charge is 0.459 e. The predicted octanol–water partition coefficient (Wildman–Crippen LogP) is 4.52. The van der Waals surface area contributed by atoms with Crippen molar-refractivity contribution in [2.24, 2.45) is 4.99 Å². The molecule has 2 aromatic rings. The Labute approximate surface area is 131 Å². The van der Waals surface area contributed by atoms with Crippen LogP contribution in [0.3, 0.4) is 0 Å². The standard InChI is InChI=1S/C19H20N2O/c1-3-9-15(10-4-1)20-19-21(16-11-5-2-6-12-16)17-13-7-8-14-18(17)22-19/h1-6,9-12,17-18H,7-8,13-14H2/t17-,18-/m0/s1. The van der Waals surface area contributed by atoms with Crippen LogP contribution in [-0.2, 0) is 4.74 Å². The Morgan fingerprint density at radius 3 is 2.32 bits per heavy atom. The highest BCUT2D eigenvalue weighted by Gasteiger charge is 2.42. The van der Waals surface area contributed by atoms with Crippen LogP contribution in [-0.4, -0.2) is 18.2 Å². The molecule has 1 heterocycles. The summed E-state index contributed by atoms with van der Waals surface area (Å²) in [6.45, 7) is 0. The lowest BCUT2D eigenvalue weighted by atomic mass is 9.92. The highest BCUT2D eigenvalue weighted by molar-refractivity contribution is 5.96. The molecule has 2 atom stereocenters. The number of benzene rings is 2. The van der Waals surface area contributed by atoms with Crippen molar-refractivity contribution in [2.45, 2.75) is 37.8 Å². The Morgan fingerprint density at radius 1 is 0.864 bits per heavy atom. The van der Waals surface area contributed by atoms with Gasteiger partial charge >= 0.3 is 0 Å². The van der Waals surface area contributed by atoms with Crippen LogP contribution in [0.5, 0.6) is 0 Å². The van der Waals surface area contributed by atoms with E-state index in [1.54, 1.807) is 0 Å². The first kappa shape index (κ1) is 13.4. The van der Waals surface area contributed by atoms with Crippen LogP contribution in [0.25, 0.3) is 0 Å². The lowest BCUT2D eigenvalue weighted by molar-refractivity contribution is 0.161. The lowest BCUT2D eigenvalue weighted by Gasteiger charge is -2.28. The summed E-state index contributed by atoms with van der Waals surface area (Å²) in [4.78, 5) is 7.05. The predicted molar refractivity (Wildman–Crippen MR) is 89.6 cm³/mol. The molecule has 1 saturated carbocycles. The molecule has 0 N–H and O–H groups in total. The molecule has 112 valence electrons. The molecule has 3 nitrogen and oxygen atoms in total. The van der Waals surface area contributed by atoms with E-state index in [-0.39, 0.29) is 6.10 Å². The number of aliphatic imine (C=N–C) groups is 1. The molecule has 2 aliphatic rings. The van der Waals surface area contributed by atoms with E-state index in [9.17, 15) is 0 Å². The van der Waals surface area contributed by atoms with Gasteiger partial charge in [-0.25, -0.2) is 0 Å². The quantitative estimate of drug-likeness (QED) is 0.813. The number of ether oxygens (including phenoxy) is 1. The molecule has 0 bridgehead atoms. The normalized spacial score (nSPS) is 25.8. The Morgan fingerprint density at radius 2 is 1.55 bits per heavy atom. The van der Waals surface area contributed by atoms with Crippen molar-refractivity contribution in [1.82, 2.24) is 0 Å². The van der Waals surface area contributed by atoms with Gasteiger partial charge in [0.25, 0.3) is 6.02 Å². The molecule has 1 aliphatic carbocycles. The molecule has 0 amide bonds. The van der Waals surface area contributed by atoms with Gasteiger partial charge in [-0.15, -0.1) is 0 Å². The molecule has 0 spiro atoms. The lowest BCUT2D eigenvalue weighted by Crippen LogP contribution is -2.38. The molecule has 1 saturated heterocycles. The second-order valence-corrected chi connectivity index (χ2v) is 5.94. The molecule has 3 heteroatoms. The Hall–Kier alpha value is -2.29. The minimum Gasteiger partial charge on any atom is -0.459 e. The van der Waals surface area contributed by atoms with Crippen molar-refractivity contribution < 1.29 is 4.74 Å². The van der Waals surface area contributed by atoms with Gasteiger partial charge in [0.05, 0.1) is 11.7 Å². The average molecular weight is 292 g/mol. The van der Waals surface area contributed by atoms with E-state index in [0.717, 1.165) is 18.1 Å². The van der Waals surface area contributed by atoms with E-state index in [1.165, 1.54) is 24.9 Å². The maximum atomic E-state index is 6.21. The van der Waals surface area contributed by atoms with E-state index in [1.807, 2.05) is 36.4 Å². The fourth-order valence-electron chi connectivity index (χ4n) is 3.43. The number of rotatable bonds is 2. The Bertz CT molecular complexity index is 654. The highest BCUT2D eigenvalue weighted by Crippen LogP contribution is 2.36. The first-order chi connectivity index (χ1) is 10.9. The van der Waals surface area contributed by atoms with Gasteiger partial charge in [-0.2, -0.15) is 4.99 Å². The van der Waals surface area contributed by atoms with Gasteiger partial charge < -0.3 is 4.74 Å². The molecule has 2 fully saturated rings. The molecular formula is C19H20N2O. The highest BCUT2D eigenvalue weighted by atomic mass is 16.5. The summed E-state index contributed by atoms with van der Waals surface area (Å²) in [7, 11) is 0. The monoisotopic (exact) mass is 292 g/mol. The Kier molecular flexibility index (Phi) is 3.55. The van der Waals surface area contributed by atoms with Gasteiger partial charge in [-0.05, 0) is 43.5 Å². The zero-order valence-electron chi connectivity index (χ0n) is 12.6. The summed E-state index contributed by atoms with van der Waals surface area (Å²) in [6.07, 6.45) is 5.10. The van der Waals surface area contributed by atoms with Gasteiger partial charge in [0.15, 0.2) is 0 Å². The van der Waals surface area contributed by atoms with Crippen molar-refractivity contribution in [1.29, 1.82) is 0 Å². The van der Waals surface area contributed by atoms with Gasteiger partial charge in [0.1, 0.15) is 6.10 Å². The first-order valence-corrected chi connectivity index (χ1v) is 8.06. The second-order valence-electron chi connectivity index (χ2n) is 5.94.